The Kier molecular flexibility index (Phi) is 8.28. The average molecular weight is 489 g/mol. The molecule has 4 nitrogen and oxygen atoms in total. The fraction of sp³-hybridized carbons (Fsp3) is 0.556. The molecule has 2 aromatic rings. The monoisotopic (exact) mass is 488 g/mol. The molecule has 0 bridgehead atoms. The predicted molar refractivity (Wildman–Crippen MR) is 138 cm³/mol. The van der Waals surface area contributed by atoms with Crippen LogP contribution in [0.3, 0.4) is 0 Å². The summed E-state index contributed by atoms with van der Waals surface area (Å²) in [7, 11) is 0. The quantitative estimate of drug-likeness (QED) is 0.442. The van der Waals surface area contributed by atoms with Gasteiger partial charge in [-0.2, -0.15) is 0 Å². The zero-order valence-corrected chi connectivity index (χ0v) is 22.3. The van der Waals surface area contributed by atoms with Crippen LogP contribution in [0.15, 0.2) is 35.7 Å². The second kappa shape index (κ2) is 10.6. The van der Waals surface area contributed by atoms with Gasteiger partial charge in [0.1, 0.15) is 6.54 Å². The standard InChI is InChI=1S/C27H37ClN2O2S/c1-18(2)30(24(31)15-19(3)16-27(4,5)6)17-25(32)29-13-11-23-22(12-14-33-23)26(29)20-7-9-21(28)10-8-20/h7-10,12,14,18-19,26H,11,13,15-17H2,1-6H3. The van der Waals surface area contributed by atoms with Gasteiger partial charge in [-0.15, -0.1) is 11.3 Å². The second-order valence-electron chi connectivity index (χ2n) is 10.8. The molecule has 1 aromatic carbocycles. The maximum absolute atomic E-state index is 13.6. The fourth-order valence-corrected chi connectivity index (χ4v) is 5.95. The first kappa shape index (κ1) is 25.8. The highest BCUT2D eigenvalue weighted by Gasteiger charge is 2.34. The topological polar surface area (TPSA) is 40.6 Å². The van der Waals surface area contributed by atoms with Gasteiger partial charge < -0.3 is 9.80 Å². The second-order valence-corrected chi connectivity index (χ2v) is 12.2. The van der Waals surface area contributed by atoms with E-state index in [-0.39, 0.29) is 41.8 Å². The van der Waals surface area contributed by atoms with Crippen LogP contribution in [-0.2, 0) is 16.0 Å². The summed E-state index contributed by atoms with van der Waals surface area (Å²) in [4.78, 5) is 31.8. The zero-order chi connectivity index (χ0) is 24.3. The van der Waals surface area contributed by atoms with E-state index in [0.29, 0.717) is 18.0 Å². The van der Waals surface area contributed by atoms with E-state index >= 15 is 0 Å². The normalized spacial score (nSPS) is 17.1. The molecule has 0 saturated carbocycles. The summed E-state index contributed by atoms with van der Waals surface area (Å²) < 4.78 is 0. The highest BCUT2D eigenvalue weighted by atomic mass is 35.5. The van der Waals surface area contributed by atoms with Crippen molar-refractivity contribution in [1.29, 1.82) is 0 Å². The molecule has 1 aliphatic heterocycles. The molecule has 33 heavy (non-hydrogen) atoms. The first-order valence-corrected chi connectivity index (χ1v) is 13.1. The van der Waals surface area contributed by atoms with Crippen LogP contribution in [-0.4, -0.2) is 40.7 Å². The number of rotatable bonds is 7. The van der Waals surface area contributed by atoms with Gasteiger partial charge in [0.05, 0.1) is 6.04 Å². The van der Waals surface area contributed by atoms with Crippen LogP contribution in [0.2, 0.25) is 5.02 Å². The van der Waals surface area contributed by atoms with Crippen molar-refractivity contribution < 1.29 is 9.59 Å². The van der Waals surface area contributed by atoms with Gasteiger partial charge in [0.25, 0.3) is 0 Å². The van der Waals surface area contributed by atoms with Gasteiger partial charge >= 0.3 is 0 Å². The van der Waals surface area contributed by atoms with Gasteiger partial charge in [-0.05, 0) is 72.7 Å². The fourth-order valence-electron chi connectivity index (χ4n) is 4.92. The minimum absolute atomic E-state index is 0.00248. The summed E-state index contributed by atoms with van der Waals surface area (Å²) in [6.07, 6.45) is 2.30. The highest BCUT2D eigenvalue weighted by Crippen LogP contribution is 2.38. The molecule has 0 N–H and O–H groups in total. The third kappa shape index (κ3) is 6.60. The van der Waals surface area contributed by atoms with Crippen molar-refractivity contribution in [2.24, 2.45) is 11.3 Å². The first-order valence-electron chi connectivity index (χ1n) is 11.9. The van der Waals surface area contributed by atoms with Crippen molar-refractivity contribution >= 4 is 34.8 Å². The lowest BCUT2D eigenvalue weighted by Gasteiger charge is -2.38. The molecule has 180 valence electrons. The SMILES string of the molecule is CC(CC(=O)N(CC(=O)N1CCc2sccc2C1c1ccc(Cl)cc1)C(C)C)CC(C)(C)C. The van der Waals surface area contributed by atoms with Crippen LogP contribution in [0.5, 0.6) is 0 Å². The predicted octanol–water partition coefficient (Wildman–Crippen LogP) is 6.58. The minimum Gasteiger partial charge on any atom is -0.331 e. The Morgan fingerprint density at radius 2 is 1.82 bits per heavy atom. The molecular weight excluding hydrogens is 452 g/mol. The van der Waals surface area contributed by atoms with Crippen molar-refractivity contribution in [3.05, 3.63) is 56.7 Å². The maximum atomic E-state index is 13.6. The molecular formula is C27H37ClN2O2S. The molecule has 2 atom stereocenters. The number of benzene rings is 1. The molecule has 0 fully saturated rings. The summed E-state index contributed by atoms with van der Waals surface area (Å²) in [5, 5.41) is 2.78. The number of hydrogen-bond donors (Lipinski definition) is 0. The number of carbonyl (C=O) groups is 2. The average Bonchev–Trinajstić information content (AvgIpc) is 3.18. The van der Waals surface area contributed by atoms with Crippen LogP contribution in [0.25, 0.3) is 0 Å². The van der Waals surface area contributed by atoms with E-state index in [1.54, 1.807) is 16.2 Å². The lowest BCUT2D eigenvalue weighted by Crippen LogP contribution is -2.48. The number of hydrogen-bond acceptors (Lipinski definition) is 3. The van der Waals surface area contributed by atoms with Gasteiger partial charge in [-0.25, -0.2) is 0 Å². The van der Waals surface area contributed by atoms with Crippen LogP contribution in [0.4, 0.5) is 0 Å². The molecule has 2 unspecified atom stereocenters. The lowest BCUT2D eigenvalue weighted by atomic mass is 9.84. The smallest absolute Gasteiger partial charge is 0.243 e. The van der Waals surface area contributed by atoms with E-state index in [0.717, 1.165) is 18.4 Å². The highest BCUT2D eigenvalue weighted by molar-refractivity contribution is 7.10. The zero-order valence-electron chi connectivity index (χ0n) is 20.7. The van der Waals surface area contributed by atoms with Crippen molar-refractivity contribution in [2.75, 3.05) is 13.1 Å². The van der Waals surface area contributed by atoms with Gasteiger partial charge in [-0.1, -0.05) is 51.4 Å². The molecule has 0 aliphatic carbocycles. The molecule has 1 aromatic heterocycles. The Morgan fingerprint density at radius 1 is 1.15 bits per heavy atom. The molecule has 0 radical (unpaired) electrons. The van der Waals surface area contributed by atoms with E-state index < -0.39 is 0 Å². The molecule has 2 heterocycles. The Balaban J connectivity index is 1.79. The number of amides is 2. The number of carbonyl (C=O) groups excluding carboxylic acids is 2. The van der Waals surface area contributed by atoms with Crippen LogP contribution >= 0.6 is 22.9 Å². The van der Waals surface area contributed by atoms with Gasteiger partial charge in [-0.3, -0.25) is 9.59 Å². The summed E-state index contributed by atoms with van der Waals surface area (Å²) in [6.45, 7) is 13.5. The van der Waals surface area contributed by atoms with E-state index in [9.17, 15) is 9.59 Å². The van der Waals surface area contributed by atoms with Gasteiger partial charge in [0.15, 0.2) is 0 Å². The molecule has 6 heteroatoms. The van der Waals surface area contributed by atoms with E-state index in [2.05, 4.69) is 39.1 Å². The largest absolute Gasteiger partial charge is 0.331 e. The van der Waals surface area contributed by atoms with E-state index in [1.807, 2.05) is 43.0 Å². The van der Waals surface area contributed by atoms with Crippen molar-refractivity contribution in [1.82, 2.24) is 9.80 Å². The molecule has 3 rings (SSSR count). The summed E-state index contributed by atoms with van der Waals surface area (Å²) in [6, 6.07) is 9.70. The van der Waals surface area contributed by atoms with Crippen LogP contribution in [0, 0.1) is 11.3 Å². The van der Waals surface area contributed by atoms with Crippen molar-refractivity contribution in [3.63, 3.8) is 0 Å². The van der Waals surface area contributed by atoms with E-state index in [1.165, 1.54) is 10.4 Å². The third-order valence-corrected chi connectivity index (χ3v) is 7.45. The van der Waals surface area contributed by atoms with E-state index in [4.69, 9.17) is 11.6 Å². The number of fused-ring (bicyclic) bond motifs is 1. The number of nitrogens with zero attached hydrogens (tertiary/aromatic N) is 2. The Morgan fingerprint density at radius 3 is 2.42 bits per heavy atom. The first-order chi connectivity index (χ1) is 15.5. The summed E-state index contributed by atoms with van der Waals surface area (Å²) >= 11 is 7.87. The molecule has 0 saturated heterocycles. The van der Waals surface area contributed by atoms with Crippen molar-refractivity contribution in [2.45, 2.75) is 72.9 Å². The number of thiophene rings is 1. The summed E-state index contributed by atoms with van der Waals surface area (Å²) in [5.74, 6) is 0.336. The Bertz CT molecular complexity index is 961. The molecule has 2 amide bonds. The van der Waals surface area contributed by atoms with Gasteiger partial charge in [0, 0.05) is 28.9 Å². The number of halogens is 1. The summed E-state index contributed by atoms with van der Waals surface area (Å²) in [5.41, 5.74) is 2.41. The van der Waals surface area contributed by atoms with Crippen LogP contribution < -0.4 is 0 Å². The Labute approximate surface area is 207 Å². The maximum Gasteiger partial charge on any atom is 0.243 e. The van der Waals surface area contributed by atoms with Gasteiger partial charge in [0.2, 0.25) is 11.8 Å². The lowest BCUT2D eigenvalue weighted by molar-refractivity contribution is -0.143. The Hall–Kier alpha value is -1.85. The molecule has 1 aliphatic rings. The van der Waals surface area contributed by atoms with Crippen LogP contribution in [0.1, 0.15) is 76.4 Å². The molecule has 0 spiro atoms. The third-order valence-electron chi connectivity index (χ3n) is 6.21. The minimum atomic E-state index is -0.145. The van der Waals surface area contributed by atoms with Crippen molar-refractivity contribution in [3.8, 4) is 0 Å².